The lowest BCUT2D eigenvalue weighted by atomic mass is 10.2. The molecule has 3 aromatic rings. The number of nitrogens with zero attached hydrogens (tertiary/aromatic N) is 5. The summed E-state index contributed by atoms with van der Waals surface area (Å²) >= 11 is 0. The fourth-order valence-electron chi connectivity index (χ4n) is 2.13. The standard InChI is InChI=1S/C12H14N6/c1-13-12-15-14-11(17(12)2)10-8-6-4-5-7-9(8)18(3)16-10/h4-7H,1-3H3,(H,13,15). The molecule has 1 aromatic carbocycles. The minimum Gasteiger partial charge on any atom is -0.357 e. The molecular formula is C12H14N6. The van der Waals surface area contributed by atoms with Crippen molar-refractivity contribution in [2.45, 2.75) is 0 Å². The second kappa shape index (κ2) is 3.83. The first kappa shape index (κ1) is 10.8. The smallest absolute Gasteiger partial charge is 0.224 e. The van der Waals surface area contributed by atoms with E-state index in [0.717, 1.165) is 28.4 Å². The molecule has 2 aromatic heterocycles. The number of nitrogens with one attached hydrogen (secondary N) is 1. The van der Waals surface area contributed by atoms with Crippen LogP contribution in [0.15, 0.2) is 24.3 Å². The molecule has 0 radical (unpaired) electrons. The fourth-order valence-corrected chi connectivity index (χ4v) is 2.13. The van der Waals surface area contributed by atoms with Gasteiger partial charge in [0.05, 0.1) is 5.52 Å². The molecule has 0 amide bonds. The van der Waals surface area contributed by atoms with Gasteiger partial charge in [-0.3, -0.25) is 9.25 Å². The number of hydrogen-bond acceptors (Lipinski definition) is 4. The predicted molar refractivity (Wildman–Crippen MR) is 70.3 cm³/mol. The zero-order valence-corrected chi connectivity index (χ0v) is 10.5. The van der Waals surface area contributed by atoms with Crippen LogP contribution >= 0.6 is 0 Å². The van der Waals surface area contributed by atoms with Gasteiger partial charge in [-0.2, -0.15) is 5.10 Å². The van der Waals surface area contributed by atoms with E-state index in [1.54, 1.807) is 0 Å². The molecular weight excluding hydrogens is 228 g/mol. The normalized spacial score (nSPS) is 11.1. The number of hydrogen-bond donors (Lipinski definition) is 1. The average molecular weight is 242 g/mol. The van der Waals surface area contributed by atoms with Gasteiger partial charge in [-0.15, -0.1) is 10.2 Å². The van der Waals surface area contributed by atoms with Gasteiger partial charge < -0.3 is 5.32 Å². The van der Waals surface area contributed by atoms with Gasteiger partial charge in [0.2, 0.25) is 5.95 Å². The molecule has 92 valence electrons. The summed E-state index contributed by atoms with van der Waals surface area (Å²) < 4.78 is 3.76. The van der Waals surface area contributed by atoms with Gasteiger partial charge in [0.15, 0.2) is 5.82 Å². The van der Waals surface area contributed by atoms with Crippen molar-refractivity contribution in [3.8, 4) is 11.5 Å². The van der Waals surface area contributed by atoms with Crippen molar-refractivity contribution in [2.75, 3.05) is 12.4 Å². The van der Waals surface area contributed by atoms with Crippen LogP contribution in [0.2, 0.25) is 0 Å². The van der Waals surface area contributed by atoms with Crippen LogP contribution in [0.3, 0.4) is 0 Å². The number of fused-ring (bicyclic) bond motifs is 1. The van der Waals surface area contributed by atoms with Gasteiger partial charge in [0.1, 0.15) is 5.69 Å². The predicted octanol–water partition coefficient (Wildman–Crippen LogP) is 1.41. The van der Waals surface area contributed by atoms with E-state index in [9.17, 15) is 0 Å². The van der Waals surface area contributed by atoms with Gasteiger partial charge in [-0.05, 0) is 6.07 Å². The molecule has 2 heterocycles. The first-order chi connectivity index (χ1) is 8.72. The zero-order valence-electron chi connectivity index (χ0n) is 10.5. The zero-order chi connectivity index (χ0) is 12.7. The van der Waals surface area contributed by atoms with Gasteiger partial charge in [-0.1, -0.05) is 18.2 Å². The Morgan fingerprint density at radius 2 is 1.89 bits per heavy atom. The van der Waals surface area contributed by atoms with E-state index in [1.807, 2.05) is 54.7 Å². The molecule has 0 bridgehead atoms. The Morgan fingerprint density at radius 1 is 1.11 bits per heavy atom. The molecule has 3 rings (SSSR count). The van der Waals surface area contributed by atoms with Gasteiger partial charge in [0, 0.05) is 26.5 Å². The quantitative estimate of drug-likeness (QED) is 0.738. The fraction of sp³-hybridized carbons (Fsp3) is 0.250. The molecule has 1 N–H and O–H groups in total. The van der Waals surface area contributed by atoms with Crippen LogP contribution in [0, 0.1) is 0 Å². The van der Waals surface area contributed by atoms with Crippen molar-refractivity contribution in [3.05, 3.63) is 24.3 Å². The Bertz CT molecular complexity index is 709. The molecule has 6 nitrogen and oxygen atoms in total. The number of aromatic nitrogens is 5. The third kappa shape index (κ3) is 1.38. The highest BCUT2D eigenvalue weighted by Gasteiger charge is 2.16. The summed E-state index contributed by atoms with van der Waals surface area (Å²) in [5.74, 6) is 1.48. The van der Waals surface area contributed by atoms with E-state index in [-0.39, 0.29) is 0 Å². The summed E-state index contributed by atoms with van der Waals surface area (Å²) in [6.07, 6.45) is 0. The van der Waals surface area contributed by atoms with E-state index < -0.39 is 0 Å². The summed E-state index contributed by atoms with van der Waals surface area (Å²) in [6.45, 7) is 0. The topological polar surface area (TPSA) is 60.6 Å². The molecule has 0 spiro atoms. The molecule has 0 unspecified atom stereocenters. The highest BCUT2D eigenvalue weighted by Crippen LogP contribution is 2.26. The minimum absolute atomic E-state index is 0.722. The lowest BCUT2D eigenvalue weighted by Crippen LogP contribution is -2.00. The number of para-hydroxylation sites is 1. The van der Waals surface area contributed by atoms with E-state index in [4.69, 9.17) is 0 Å². The second-order valence-corrected chi connectivity index (χ2v) is 4.15. The molecule has 0 saturated carbocycles. The SMILES string of the molecule is CNc1nnc(-c2nn(C)c3ccccc23)n1C. The average Bonchev–Trinajstić information content (AvgIpc) is 2.91. The summed E-state index contributed by atoms with van der Waals surface area (Å²) in [5.41, 5.74) is 1.94. The second-order valence-electron chi connectivity index (χ2n) is 4.15. The molecule has 0 aliphatic heterocycles. The third-order valence-electron chi connectivity index (χ3n) is 3.07. The highest BCUT2D eigenvalue weighted by atomic mass is 15.4. The summed E-state index contributed by atoms with van der Waals surface area (Å²) in [4.78, 5) is 0. The molecule has 0 aliphatic carbocycles. The van der Waals surface area contributed by atoms with E-state index in [1.165, 1.54) is 0 Å². The van der Waals surface area contributed by atoms with Gasteiger partial charge in [-0.25, -0.2) is 0 Å². The lowest BCUT2D eigenvalue weighted by Gasteiger charge is -2.00. The van der Waals surface area contributed by atoms with Gasteiger partial charge in [0.25, 0.3) is 0 Å². The Balaban J connectivity index is 2.28. The minimum atomic E-state index is 0.722. The largest absolute Gasteiger partial charge is 0.357 e. The maximum Gasteiger partial charge on any atom is 0.224 e. The molecule has 0 aliphatic rings. The highest BCUT2D eigenvalue weighted by molar-refractivity contribution is 5.91. The first-order valence-electron chi connectivity index (χ1n) is 5.71. The summed E-state index contributed by atoms with van der Waals surface area (Å²) in [5, 5.41) is 16.9. The Morgan fingerprint density at radius 3 is 2.61 bits per heavy atom. The molecule has 18 heavy (non-hydrogen) atoms. The van der Waals surface area contributed by atoms with E-state index in [2.05, 4.69) is 20.6 Å². The lowest BCUT2D eigenvalue weighted by molar-refractivity contribution is 0.792. The number of aryl methyl sites for hydroxylation is 1. The molecule has 0 saturated heterocycles. The summed E-state index contributed by atoms with van der Waals surface area (Å²) in [7, 11) is 5.68. The van der Waals surface area contributed by atoms with Crippen molar-refractivity contribution in [1.29, 1.82) is 0 Å². The van der Waals surface area contributed by atoms with E-state index in [0.29, 0.717) is 0 Å². The molecule has 0 atom stereocenters. The third-order valence-corrected chi connectivity index (χ3v) is 3.07. The number of anilines is 1. The first-order valence-corrected chi connectivity index (χ1v) is 5.71. The van der Waals surface area contributed by atoms with Crippen LogP contribution in [0.5, 0.6) is 0 Å². The monoisotopic (exact) mass is 242 g/mol. The number of rotatable bonds is 2. The van der Waals surface area contributed by atoms with Crippen molar-refractivity contribution in [2.24, 2.45) is 14.1 Å². The van der Waals surface area contributed by atoms with Crippen LogP contribution in [-0.2, 0) is 14.1 Å². The van der Waals surface area contributed by atoms with Crippen LogP contribution in [-0.4, -0.2) is 31.6 Å². The molecule has 6 heteroatoms. The van der Waals surface area contributed by atoms with Crippen LogP contribution < -0.4 is 5.32 Å². The van der Waals surface area contributed by atoms with Crippen molar-refractivity contribution < 1.29 is 0 Å². The van der Waals surface area contributed by atoms with Crippen LogP contribution in [0.4, 0.5) is 5.95 Å². The maximum atomic E-state index is 4.53. The van der Waals surface area contributed by atoms with Gasteiger partial charge >= 0.3 is 0 Å². The van der Waals surface area contributed by atoms with E-state index >= 15 is 0 Å². The Kier molecular flexibility index (Phi) is 2.29. The Labute approximate surface area is 104 Å². The molecule has 0 fully saturated rings. The number of benzene rings is 1. The van der Waals surface area contributed by atoms with Crippen LogP contribution in [0.25, 0.3) is 22.4 Å². The summed E-state index contributed by atoms with van der Waals surface area (Å²) in [6, 6.07) is 8.10. The van der Waals surface area contributed by atoms with Crippen molar-refractivity contribution in [1.82, 2.24) is 24.5 Å². The van der Waals surface area contributed by atoms with Crippen LogP contribution in [0.1, 0.15) is 0 Å². The Hall–Kier alpha value is -2.37. The van der Waals surface area contributed by atoms with Crippen molar-refractivity contribution >= 4 is 16.9 Å². The maximum absolute atomic E-state index is 4.53. The van der Waals surface area contributed by atoms with Crippen molar-refractivity contribution in [3.63, 3.8) is 0 Å².